The summed E-state index contributed by atoms with van der Waals surface area (Å²) in [7, 11) is 3.19. The quantitative estimate of drug-likeness (QED) is 0.0432. The number of likely N-dealkylation sites (N-methyl/N-ethyl adjacent to an activating group) is 2. The smallest absolute Gasteiger partial charge is 0.326 e. The van der Waals surface area contributed by atoms with Crippen LogP contribution in [0.2, 0.25) is 0 Å². The number of hydrogen-bond donors (Lipinski definition) is 6. The molecule has 0 radical (unpaired) electrons. The van der Waals surface area contributed by atoms with E-state index in [0.29, 0.717) is 11.1 Å². The molecule has 0 aliphatic rings. The summed E-state index contributed by atoms with van der Waals surface area (Å²) in [4.78, 5) is 88.9. The molecule has 4 amide bonds. The monoisotopic (exact) mass is 1150 g/mol. The number of nitrogens with zero attached hydrogens (tertiary/aromatic N) is 2. The number of aromatic amines is 2. The number of carboxylic acids is 2. The number of benzene rings is 8. The van der Waals surface area contributed by atoms with Crippen LogP contribution < -0.4 is 10.6 Å². The third kappa shape index (κ3) is 14.9. The average molecular weight is 1150 g/mol. The fourth-order valence-corrected chi connectivity index (χ4v) is 11.0. The number of carbonyl (C=O) groups is 6. The minimum atomic E-state index is -1.18. The molecule has 8 aromatic carbocycles. The molecule has 2 aromatic heterocycles. The molecule has 10 aromatic rings. The highest BCUT2D eigenvalue weighted by molar-refractivity contribution is 6.00. The average Bonchev–Trinajstić information content (AvgIpc) is 4.31. The summed E-state index contributed by atoms with van der Waals surface area (Å²) in [6.45, 7) is 7.68. The number of aliphatic carboxylic acids is 2. The largest absolute Gasteiger partial charge is 0.480 e. The summed E-state index contributed by atoms with van der Waals surface area (Å²) < 4.78 is 0. The van der Waals surface area contributed by atoms with Gasteiger partial charge in [-0.05, 0) is 109 Å². The van der Waals surface area contributed by atoms with E-state index in [4.69, 9.17) is 0 Å². The molecule has 0 spiro atoms. The predicted molar refractivity (Wildman–Crippen MR) is 338 cm³/mol. The van der Waals surface area contributed by atoms with Gasteiger partial charge in [0.1, 0.15) is 24.2 Å². The van der Waals surface area contributed by atoms with Gasteiger partial charge in [0.15, 0.2) is 0 Å². The highest BCUT2D eigenvalue weighted by Crippen LogP contribution is 2.26. The van der Waals surface area contributed by atoms with Gasteiger partial charge in [0.2, 0.25) is 11.8 Å². The van der Waals surface area contributed by atoms with Gasteiger partial charge in [-0.15, -0.1) is 0 Å². The van der Waals surface area contributed by atoms with Gasteiger partial charge in [0.25, 0.3) is 11.8 Å². The van der Waals surface area contributed by atoms with E-state index in [1.54, 1.807) is 50.8 Å². The van der Waals surface area contributed by atoms with Crippen LogP contribution in [0.15, 0.2) is 207 Å². The van der Waals surface area contributed by atoms with Gasteiger partial charge >= 0.3 is 11.9 Å². The van der Waals surface area contributed by atoms with Crippen molar-refractivity contribution in [3.8, 4) is 22.3 Å². The van der Waals surface area contributed by atoms with Crippen molar-refractivity contribution in [3.05, 3.63) is 262 Å². The zero-order valence-electron chi connectivity index (χ0n) is 49.0. The third-order valence-corrected chi connectivity index (χ3v) is 15.5. The zero-order valence-corrected chi connectivity index (χ0v) is 49.0. The second-order valence-electron chi connectivity index (χ2n) is 22.1. The van der Waals surface area contributed by atoms with Gasteiger partial charge in [-0.1, -0.05) is 180 Å². The molecule has 436 valence electrons. The number of rotatable bonds is 20. The lowest BCUT2D eigenvalue weighted by Crippen LogP contribution is -2.53. The standard InChI is InChI=1S/2C36H35N3O4/c2*1-23-17-24(2)19-28(18-23)35(41)39(3)33(20-25-13-15-27(16-14-25)26-9-5-4-6-10-26)34(40)38-32(36(42)43)21-29-22-37-31-12-8-7-11-30(29)31/h2*4-19,22,32-33,37H,20-21H2,1-3H3,(H,38,40)(H,42,43)/t2*32-,33+/m00/s1. The number of carbonyl (C=O) groups excluding carboxylic acids is 4. The van der Waals surface area contributed by atoms with Crippen molar-refractivity contribution in [2.75, 3.05) is 14.1 Å². The number of aryl methyl sites for hydroxylation is 4. The third-order valence-electron chi connectivity index (χ3n) is 15.5. The second kappa shape index (κ2) is 27.4. The Morgan fingerprint density at radius 2 is 0.721 bits per heavy atom. The zero-order chi connectivity index (χ0) is 61.0. The van der Waals surface area contributed by atoms with Crippen molar-refractivity contribution in [1.29, 1.82) is 0 Å². The van der Waals surface area contributed by atoms with Crippen molar-refractivity contribution in [2.24, 2.45) is 0 Å². The Morgan fingerprint density at radius 3 is 1.06 bits per heavy atom. The van der Waals surface area contributed by atoms with E-state index < -0.39 is 47.9 Å². The maximum Gasteiger partial charge on any atom is 0.326 e. The number of H-pyrrole nitrogens is 2. The molecule has 14 heteroatoms. The van der Waals surface area contributed by atoms with Crippen LogP contribution in [0.25, 0.3) is 44.1 Å². The Labute approximate surface area is 500 Å². The van der Waals surface area contributed by atoms with E-state index in [9.17, 15) is 39.0 Å². The summed E-state index contributed by atoms with van der Waals surface area (Å²) >= 11 is 0. The Kier molecular flexibility index (Phi) is 19.2. The fraction of sp³-hybridized carbons (Fsp3) is 0.194. The lowest BCUT2D eigenvalue weighted by molar-refractivity contribution is -0.142. The van der Waals surface area contributed by atoms with Crippen molar-refractivity contribution < 1.29 is 39.0 Å². The van der Waals surface area contributed by atoms with E-state index in [2.05, 4.69) is 20.6 Å². The molecule has 0 aliphatic heterocycles. The molecule has 4 atom stereocenters. The van der Waals surface area contributed by atoms with Gasteiger partial charge in [0, 0.05) is 85.1 Å². The molecule has 0 bridgehead atoms. The first-order valence-corrected chi connectivity index (χ1v) is 28.5. The van der Waals surface area contributed by atoms with Gasteiger partial charge in [-0.3, -0.25) is 19.2 Å². The van der Waals surface area contributed by atoms with Gasteiger partial charge in [-0.2, -0.15) is 0 Å². The van der Waals surface area contributed by atoms with Crippen LogP contribution in [0.1, 0.15) is 65.2 Å². The number of amides is 4. The second-order valence-corrected chi connectivity index (χ2v) is 22.1. The van der Waals surface area contributed by atoms with Crippen molar-refractivity contribution in [3.63, 3.8) is 0 Å². The number of para-hydroxylation sites is 2. The van der Waals surface area contributed by atoms with Crippen LogP contribution in [0, 0.1) is 27.7 Å². The van der Waals surface area contributed by atoms with Gasteiger partial charge in [0.05, 0.1) is 0 Å². The molecule has 0 aliphatic carbocycles. The molecule has 2 heterocycles. The lowest BCUT2D eigenvalue weighted by atomic mass is 9.98. The number of fused-ring (bicyclic) bond motifs is 2. The normalized spacial score (nSPS) is 12.4. The molecule has 0 fully saturated rings. The molecule has 86 heavy (non-hydrogen) atoms. The number of hydrogen-bond acceptors (Lipinski definition) is 6. The summed E-state index contributed by atoms with van der Waals surface area (Å²) in [6, 6.07) is 57.8. The van der Waals surface area contributed by atoms with E-state index in [0.717, 1.165) is 88.6 Å². The Hall–Kier alpha value is -10.3. The Balaban J connectivity index is 0.000000205. The highest BCUT2D eigenvalue weighted by atomic mass is 16.4. The number of aromatic nitrogens is 2. The molecule has 6 N–H and O–H groups in total. The summed E-state index contributed by atoms with van der Waals surface area (Å²) in [5, 5.41) is 27.5. The topological polar surface area (TPSA) is 205 Å². The van der Waals surface area contributed by atoms with Crippen LogP contribution in [-0.4, -0.2) is 104 Å². The molecule has 14 nitrogen and oxygen atoms in total. The van der Waals surface area contributed by atoms with Crippen LogP contribution in [-0.2, 0) is 44.9 Å². The van der Waals surface area contributed by atoms with Crippen molar-refractivity contribution >= 4 is 57.4 Å². The number of nitrogens with one attached hydrogen (secondary N) is 4. The van der Waals surface area contributed by atoms with E-state index in [1.807, 2.05) is 198 Å². The summed E-state index contributed by atoms with van der Waals surface area (Å²) in [6.07, 6.45) is 4.17. The van der Waals surface area contributed by atoms with Crippen LogP contribution in [0.3, 0.4) is 0 Å². The van der Waals surface area contributed by atoms with Crippen LogP contribution >= 0.6 is 0 Å². The molecule has 0 unspecified atom stereocenters. The first-order valence-electron chi connectivity index (χ1n) is 28.5. The first kappa shape index (κ1) is 60.3. The Bertz CT molecular complexity index is 3740. The van der Waals surface area contributed by atoms with Gasteiger partial charge in [-0.25, -0.2) is 9.59 Å². The van der Waals surface area contributed by atoms with E-state index in [-0.39, 0.29) is 37.5 Å². The summed E-state index contributed by atoms with van der Waals surface area (Å²) in [5.41, 5.74) is 14.0. The molecule has 0 saturated heterocycles. The van der Waals surface area contributed by atoms with Crippen LogP contribution in [0.4, 0.5) is 0 Å². The highest BCUT2D eigenvalue weighted by Gasteiger charge is 2.34. The van der Waals surface area contributed by atoms with Crippen molar-refractivity contribution in [2.45, 2.75) is 77.5 Å². The predicted octanol–water partition coefficient (Wildman–Crippen LogP) is 11.9. The first-order chi connectivity index (χ1) is 41.4. The number of carboxylic acid groups (broad SMARTS) is 2. The van der Waals surface area contributed by atoms with Gasteiger partial charge < -0.3 is 40.6 Å². The van der Waals surface area contributed by atoms with Crippen molar-refractivity contribution in [1.82, 2.24) is 30.4 Å². The fourth-order valence-electron chi connectivity index (χ4n) is 11.0. The maximum atomic E-state index is 13.9. The lowest BCUT2D eigenvalue weighted by Gasteiger charge is -2.29. The Morgan fingerprint density at radius 1 is 0.407 bits per heavy atom. The maximum absolute atomic E-state index is 13.9. The SMILES string of the molecule is Cc1cc(C)cc(C(=O)N(C)[C@H](Cc2ccc(-c3ccccc3)cc2)C(=O)N[C@@H](Cc2c[nH]c3ccccc23)C(=O)O)c1.Cc1cc(C)cc(C(=O)N(C)[C@H](Cc2ccc(-c3ccccc3)cc2)C(=O)N[C@@H](Cc2c[nH]c3ccccc23)C(=O)O)c1. The van der Waals surface area contributed by atoms with E-state index >= 15 is 0 Å². The summed E-state index contributed by atoms with van der Waals surface area (Å²) in [5.74, 6) is -3.97. The molecule has 0 saturated carbocycles. The molecule has 10 rings (SSSR count). The minimum absolute atomic E-state index is 0.0956. The minimum Gasteiger partial charge on any atom is -0.480 e. The molecular formula is C72H70N6O8. The molecular weight excluding hydrogens is 1080 g/mol. The van der Waals surface area contributed by atoms with Crippen LogP contribution in [0.5, 0.6) is 0 Å². The van der Waals surface area contributed by atoms with E-state index in [1.165, 1.54) is 9.80 Å².